The summed E-state index contributed by atoms with van der Waals surface area (Å²) in [6.07, 6.45) is 5.19. The first-order chi connectivity index (χ1) is 13.2. The number of hydrogen-bond donors (Lipinski definition) is 0. The van der Waals surface area contributed by atoms with Gasteiger partial charge >= 0.3 is 0 Å². The minimum Gasteiger partial charge on any atom is -0.372 e. The predicted octanol–water partition coefficient (Wildman–Crippen LogP) is 6.24. The van der Waals surface area contributed by atoms with Crippen molar-refractivity contribution in [2.45, 2.75) is 58.8 Å². The van der Waals surface area contributed by atoms with Gasteiger partial charge in [0.15, 0.2) is 0 Å². The zero-order valence-electron chi connectivity index (χ0n) is 17.7. The van der Waals surface area contributed by atoms with Gasteiger partial charge in [-0.1, -0.05) is 37.1 Å². The molecule has 0 spiro atoms. The van der Waals surface area contributed by atoms with Gasteiger partial charge in [0.2, 0.25) is 0 Å². The second kappa shape index (κ2) is 8.82. The molecule has 2 nitrogen and oxygen atoms in total. The van der Waals surface area contributed by atoms with E-state index in [1.165, 1.54) is 48.2 Å². The Morgan fingerprint density at radius 1 is 0.593 bits per heavy atom. The smallest absolute Gasteiger partial charge is 0.0366 e. The van der Waals surface area contributed by atoms with E-state index < -0.39 is 0 Å². The van der Waals surface area contributed by atoms with Crippen LogP contribution in [0, 0.1) is 0 Å². The van der Waals surface area contributed by atoms with Crippen molar-refractivity contribution in [3.63, 3.8) is 0 Å². The summed E-state index contributed by atoms with van der Waals surface area (Å²) in [4.78, 5) is 4.84. The molecule has 2 aromatic carbocycles. The molecule has 1 aliphatic rings. The molecule has 0 radical (unpaired) electrons. The third kappa shape index (κ3) is 3.85. The van der Waals surface area contributed by atoms with Gasteiger partial charge in [-0.05, 0) is 75.9 Å². The highest BCUT2D eigenvalue weighted by Gasteiger charge is 2.37. The molecule has 2 aromatic rings. The van der Waals surface area contributed by atoms with Crippen LogP contribution in [0.5, 0.6) is 0 Å². The van der Waals surface area contributed by atoms with E-state index in [0.717, 1.165) is 26.2 Å². The van der Waals surface area contributed by atoms with E-state index in [1.807, 2.05) is 0 Å². The van der Waals surface area contributed by atoms with E-state index in [4.69, 9.17) is 0 Å². The Kier molecular flexibility index (Phi) is 6.46. The maximum Gasteiger partial charge on any atom is 0.0366 e. The van der Waals surface area contributed by atoms with Crippen LogP contribution < -0.4 is 9.80 Å². The van der Waals surface area contributed by atoms with Crippen LogP contribution in [0.3, 0.4) is 0 Å². The quantitative estimate of drug-likeness (QED) is 0.547. The molecule has 0 atom stereocenters. The average Bonchev–Trinajstić information content (AvgIpc) is 3.22. The van der Waals surface area contributed by atoms with Crippen molar-refractivity contribution >= 4 is 11.4 Å². The molecule has 0 N–H and O–H groups in total. The van der Waals surface area contributed by atoms with Crippen LogP contribution in [-0.4, -0.2) is 26.2 Å². The Bertz CT molecular complexity index is 631. The van der Waals surface area contributed by atoms with Crippen LogP contribution in [0.1, 0.15) is 64.5 Å². The standard InChI is InChI=1S/C25H36N2/c1-5-26(6-2)23-15-11-21(12-16-23)25(19-9-10-20-25)22-13-17-24(18-14-22)27(7-3)8-4/h11-18H,5-10,19-20H2,1-4H3. The zero-order valence-corrected chi connectivity index (χ0v) is 17.7. The van der Waals surface area contributed by atoms with Crippen LogP contribution in [-0.2, 0) is 5.41 Å². The third-order valence-electron chi connectivity index (χ3n) is 6.55. The summed E-state index contributed by atoms with van der Waals surface area (Å²) in [6, 6.07) is 18.8. The topological polar surface area (TPSA) is 6.48 Å². The van der Waals surface area contributed by atoms with Gasteiger partial charge in [-0.2, -0.15) is 0 Å². The second-order valence-electron chi connectivity index (χ2n) is 7.73. The minimum absolute atomic E-state index is 0.198. The largest absolute Gasteiger partial charge is 0.372 e. The average molecular weight is 365 g/mol. The van der Waals surface area contributed by atoms with E-state index in [9.17, 15) is 0 Å². The van der Waals surface area contributed by atoms with Gasteiger partial charge in [0.1, 0.15) is 0 Å². The van der Waals surface area contributed by atoms with Crippen LogP contribution in [0.2, 0.25) is 0 Å². The zero-order chi connectivity index (χ0) is 19.3. The molecule has 27 heavy (non-hydrogen) atoms. The van der Waals surface area contributed by atoms with Crippen LogP contribution in [0.25, 0.3) is 0 Å². The first kappa shape index (κ1) is 19.8. The van der Waals surface area contributed by atoms with Gasteiger partial charge in [0.25, 0.3) is 0 Å². The van der Waals surface area contributed by atoms with E-state index >= 15 is 0 Å². The van der Waals surface area contributed by atoms with Crippen molar-refractivity contribution in [2.75, 3.05) is 36.0 Å². The predicted molar refractivity (Wildman–Crippen MR) is 119 cm³/mol. The van der Waals surface area contributed by atoms with Crippen LogP contribution in [0.4, 0.5) is 11.4 Å². The molecule has 1 fully saturated rings. The molecular formula is C25H36N2. The van der Waals surface area contributed by atoms with Gasteiger partial charge < -0.3 is 9.80 Å². The van der Waals surface area contributed by atoms with Crippen molar-refractivity contribution in [3.05, 3.63) is 59.7 Å². The van der Waals surface area contributed by atoms with Crippen molar-refractivity contribution in [2.24, 2.45) is 0 Å². The molecule has 0 amide bonds. The second-order valence-corrected chi connectivity index (χ2v) is 7.73. The molecule has 146 valence electrons. The lowest BCUT2D eigenvalue weighted by atomic mass is 9.73. The fourth-order valence-corrected chi connectivity index (χ4v) is 4.88. The minimum atomic E-state index is 0.198. The lowest BCUT2D eigenvalue weighted by molar-refractivity contribution is 0.535. The summed E-state index contributed by atoms with van der Waals surface area (Å²) in [7, 11) is 0. The first-order valence-corrected chi connectivity index (χ1v) is 10.9. The van der Waals surface area contributed by atoms with Crippen molar-refractivity contribution in [1.82, 2.24) is 0 Å². The molecule has 0 unspecified atom stereocenters. The molecular weight excluding hydrogens is 328 g/mol. The molecule has 0 saturated heterocycles. The maximum atomic E-state index is 2.42. The molecule has 1 aliphatic carbocycles. The summed E-state index contributed by atoms with van der Waals surface area (Å²) in [6.45, 7) is 13.2. The summed E-state index contributed by atoms with van der Waals surface area (Å²) in [5.41, 5.74) is 5.87. The lowest BCUT2D eigenvalue weighted by Crippen LogP contribution is -2.25. The number of benzene rings is 2. The Morgan fingerprint density at radius 3 is 1.22 bits per heavy atom. The Balaban J connectivity index is 1.92. The monoisotopic (exact) mass is 364 g/mol. The Hall–Kier alpha value is -1.96. The van der Waals surface area contributed by atoms with Gasteiger partial charge in [0.05, 0.1) is 0 Å². The molecule has 3 rings (SSSR count). The van der Waals surface area contributed by atoms with Crippen molar-refractivity contribution in [1.29, 1.82) is 0 Å². The number of hydrogen-bond acceptors (Lipinski definition) is 2. The summed E-state index contributed by atoms with van der Waals surface area (Å²) < 4.78 is 0. The number of rotatable bonds is 8. The van der Waals surface area contributed by atoms with Crippen molar-refractivity contribution < 1.29 is 0 Å². The summed E-state index contributed by atoms with van der Waals surface area (Å²) in [5.74, 6) is 0. The lowest BCUT2D eigenvalue weighted by Gasteiger charge is -2.32. The van der Waals surface area contributed by atoms with Crippen LogP contribution >= 0.6 is 0 Å². The van der Waals surface area contributed by atoms with Gasteiger partial charge in [-0.15, -0.1) is 0 Å². The highest BCUT2D eigenvalue weighted by atomic mass is 15.1. The highest BCUT2D eigenvalue weighted by molar-refractivity contribution is 5.53. The SMILES string of the molecule is CCN(CC)c1ccc(C2(c3ccc(N(CC)CC)cc3)CCCC2)cc1. The van der Waals surface area contributed by atoms with Gasteiger partial charge in [0, 0.05) is 43.0 Å². The fraction of sp³-hybridized carbons (Fsp3) is 0.520. The van der Waals surface area contributed by atoms with E-state index in [0.29, 0.717) is 0 Å². The third-order valence-corrected chi connectivity index (χ3v) is 6.55. The molecule has 1 saturated carbocycles. The number of anilines is 2. The van der Waals surface area contributed by atoms with Crippen LogP contribution in [0.15, 0.2) is 48.5 Å². The molecule has 0 aromatic heterocycles. The van der Waals surface area contributed by atoms with E-state index in [-0.39, 0.29) is 5.41 Å². The molecule has 0 heterocycles. The highest BCUT2D eigenvalue weighted by Crippen LogP contribution is 2.47. The molecule has 0 bridgehead atoms. The Labute approximate surface area is 166 Å². The molecule has 2 heteroatoms. The summed E-state index contributed by atoms with van der Waals surface area (Å²) in [5, 5.41) is 0. The van der Waals surface area contributed by atoms with Gasteiger partial charge in [-0.3, -0.25) is 0 Å². The van der Waals surface area contributed by atoms with Gasteiger partial charge in [-0.25, -0.2) is 0 Å². The normalized spacial score (nSPS) is 15.7. The fourth-order valence-electron chi connectivity index (χ4n) is 4.88. The summed E-state index contributed by atoms with van der Waals surface area (Å²) >= 11 is 0. The van der Waals surface area contributed by atoms with E-state index in [1.54, 1.807) is 0 Å². The van der Waals surface area contributed by atoms with E-state index in [2.05, 4.69) is 86.0 Å². The van der Waals surface area contributed by atoms with Crippen molar-refractivity contribution in [3.8, 4) is 0 Å². The Morgan fingerprint density at radius 2 is 0.926 bits per heavy atom. The molecule has 0 aliphatic heterocycles. The first-order valence-electron chi connectivity index (χ1n) is 10.9. The number of nitrogens with zero attached hydrogens (tertiary/aromatic N) is 2. The maximum absolute atomic E-state index is 2.42.